The lowest BCUT2D eigenvalue weighted by molar-refractivity contribution is 0.341. The number of hydrogen-bond donors (Lipinski definition) is 0. The van der Waals surface area contributed by atoms with E-state index in [2.05, 4.69) is 51.5 Å². The summed E-state index contributed by atoms with van der Waals surface area (Å²) in [6.07, 6.45) is 3.45. The molecule has 2 heterocycles. The lowest BCUT2D eigenvalue weighted by Gasteiger charge is -2.18. The molecule has 0 atom stereocenters. The van der Waals surface area contributed by atoms with Crippen LogP contribution in [0.2, 0.25) is 0 Å². The summed E-state index contributed by atoms with van der Waals surface area (Å²) in [7, 11) is 0. The van der Waals surface area contributed by atoms with Gasteiger partial charge < -0.3 is 8.83 Å². The predicted molar refractivity (Wildman–Crippen MR) is 82.5 cm³/mol. The van der Waals surface area contributed by atoms with Crippen LogP contribution in [0.3, 0.4) is 0 Å². The zero-order valence-corrected chi connectivity index (χ0v) is 14.4. The van der Waals surface area contributed by atoms with E-state index in [9.17, 15) is 0 Å². The topological polar surface area (TPSA) is 52.1 Å². The summed E-state index contributed by atoms with van der Waals surface area (Å²) in [6.45, 7) is 16.7. The molecule has 4 nitrogen and oxygen atoms in total. The van der Waals surface area contributed by atoms with Crippen molar-refractivity contribution in [1.29, 1.82) is 0 Å². The molecule has 2 rings (SSSR count). The van der Waals surface area contributed by atoms with Crippen LogP contribution in [0.4, 0.5) is 0 Å². The highest BCUT2D eigenvalue weighted by Crippen LogP contribution is 2.34. The van der Waals surface area contributed by atoms with Crippen molar-refractivity contribution in [2.45, 2.75) is 71.6 Å². The van der Waals surface area contributed by atoms with Crippen LogP contribution in [0.1, 0.15) is 78.6 Å². The normalized spacial score (nSPS) is 13.7. The Balaban J connectivity index is 2.38. The van der Waals surface area contributed by atoms with Gasteiger partial charge in [0.25, 0.3) is 0 Å². The van der Waals surface area contributed by atoms with Gasteiger partial charge in [-0.2, -0.15) is 0 Å². The summed E-state index contributed by atoms with van der Waals surface area (Å²) >= 11 is 0. The Hall–Kier alpha value is -1.58. The van der Waals surface area contributed by atoms with Crippen LogP contribution >= 0.6 is 0 Å². The third-order valence-electron chi connectivity index (χ3n) is 3.61. The third kappa shape index (κ3) is 3.04. The second kappa shape index (κ2) is 4.72. The molecule has 2 aromatic rings. The van der Waals surface area contributed by atoms with E-state index in [1.165, 1.54) is 0 Å². The van der Waals surface area contributed by atoms with Crippen molar-refractivity contribution in [3.05, 3.63) is 35.7 Å². The van der Waals surface area contributed by atoms with Crippen LogP contribution in [0.5, 0.6) is 0 Å². The molecular formula is C17H26N2O2. The van der Waals surface area contributed by atoms with Crippen molar-refractivity contribution in [3.63, 3.8) is 0 Å². The van der Waals surface area contributed by atoms with Gasteiger partial charge in [-0.15, -0.1) is 0 Å². The zero-order valence-electron chi connectivity index (χ0n) is 14.4. The van der Waals surface area contributed by atoms with Gasteiger partial charge in [0.2, 0.25) is 11.8 Å². The Morgan fingerprint density at radius 1 is 0.667 bits per heavy atom. The first kappa shape index (κ1) is 15.8. The minimum Gasteiger partial charge on any atom is -0.448 e. The van der Waals surface area contributed by atoms with Gasteiger partial charge in [0.05, 0.1) is 11.4 Å². The smallest absolute Gasteiger partial charge is 0.209 e. The molecule has 2 aromatic heterocycles. The van der Waals surface area contributed by atoms with Crippen LogP contribution in [0.25, 0.3) is 0 Å². The van der Waals surface area contributed by atoms with Gasteiger partial charge in [0.1, 0.15) is 17.9 Å². The lowest BCUT2D eigenvalue weighted by atomic mass is 9.91. The summed E-state index contributed by atoms with van der Waals surface area (Å²) in [5, 5.41) is 0. The highest BCUT2D eigenvalue weighted by atomic mass is 16.4. The van der Waals surface area contributed by atoms with Crippen LogP contribution in [-0.2, 0) is 16.2 Å². The molecular weight excluding hydrogens is 264 g/mol. The van der Waals surface area contributed by atoms with E-state index in [1.54, 1.807) is 12.5 Å². The maximum absolute atomic E-state index is 5.69. The zero-order chi connectivity index (χ0) is 16.1. The highest BCUT2D eigenvalue weighted by molar-refractivity contribution is 5.21. The molecule has 0 saturated heterocycles. The van der Waals surface area contributed by atoms with E-state index in [0.717, 1.165) is 11.4 Å². The maximum atomic E-state index is 5.69. The van der Waals surface area contributed by atoms with E-state index in [-0.39, 0.29) is 10.8 Å². The largest absolute Gasteiger partial charge is 0.448 e. The molecule has 0 aliphatic heterocycles. The fourth-order valence-electron chi connectivity index (χ4n) is 1.90. The average Bonchev–Trinajstić information content (AvgIpc) is 2.97. The number of hydrogen-bond acceptors (Lipinski definition) is 4. The van der Waals surface area contributed by atoms with Crippen molar-refractivity contribution in [3.8, 4) is 0 Å². The first-order valence-corrected chi connectivity index (χ1v) is 7.35. The average molecular weight is 290 g/mol. The summed E-state index contributed by atoms with van der Waals surface area (Å²) in [5.41, 5.74) is 1.31. The fraction of sp³-hybridized carbons (Fsp3) is 0.647. The Bertz CT molecular complexity index is 567. The Morgan fingerprint density at radius 3 is 1.24 bits per heavy atom. The van der Waals surface area contributed by atoms with Gasteiger partial charge in [-0.25, -0.2) is 9.97 Å². The predicted octanol–water partition coefficient (Wildman–Crippen LogP) is 4.58. The molecule has 0 amide bonds. The van der Waals surface area contributed by atoms with Gasteiger partial charge in [0.15, 0.2) is 0 Å². The van der Waals surface area contributed by atoms with Crippen molar-refractivity contribution >= 4 is 0 Å². The Labute approximate surface area is 127 Å². The molecule has 0 fully saturated rings. The molecule has 0 radical (unpaired) electrons. The molecule has 116 valence electrons. The molecule has 4 heteroatoms. The van der Waals surface area contributed by atoms with E-state index >= 15 is 0 Å². The number of aromatic nitrogens is 2. The monoisotopic (exact) mass is 290 g/mol. The molecule has 0 aliphatic rings. The van der Waals surface area contributed by atoms with Crippen LogP contribution in [0, 0.1) is 0 Å². The first-order chi connectivity index (χ1) is 9.42. The number of oxazole rings is 2. The number of nitrogens with zero attached hydrogens (tertiary/aromatic N) is 2. The van der Waals surface area contributed by atoms with Crippen molar-refractivity contribution < 1.29 is 8.83 Å². The van der Waals surface area contributed by atoms with Gasteiger partial charge in [-0.3, -0.25) is 0 Å². The minimum atomic E-state index is -0.493. The summed E-state index contributed by atoms with van der Waals surface area (Å²) < 4.78 is 11.4. The fourth-order valence-corrected chi connectivity index (χ4v) is 1.90. The third-order valence-corrected chi connectivity index (χ3v) is 3.61. The van der Waals surface area contributed by atoms with Crippen molar-refractivity contribution in [1.82, 2.24) is 9.97 Å². The van der Waals surface area contributed by atoms with Crippen molar-refractivity contribution in [2.75, 3.05) is 0 Å². The van der Waals surface area contributed by atoms with Gasteiger partial charge in [-0.1, -0.05) is 41.5 Å². The van der Waals surface area contributed by atoms with Gasteiger partial charge >= 0.3 is 0 Å². The van der Waals surface area contributed by atoms with Crippen molar-refractivity contribution in [2.24, 2.45) is 0 Å². The van der Waals surface area contributed by atoms with Crippen LogP contribution in [-0.4, -0.2) is 9.97 Å². The second-order valence-electron chi connectivity index (χ2n) is 8.20. The molecule has 0 saturated carbocycles. The summed E-state index contributed by atoms with van der Waals surface area (Å²) in [4.78, 5) is 9.27. The lowest BCUT2D eigenvalue weighted by Crippen LogP contribution is -2.22. The summed E-state index contributed by atoms with van der Waals surface area (Å²) in [6, 6.07) is 0. The van der Waals surface area contributed by atoms with Crippen LogP contribution < -0.4 is 0 Å². The molecule has 0 spiro atoms. The SMILES string of the molecule is CC(C)(C)c1coc(C(C)(C)c2nc(C(C)(C)C)co2)n1. The molecule has 0 aromatic carbocycles. The van der Waals surface area contributed by atoms with E-state index in [1.807, 2.05) is 13.8 Å². The molecule has 0 aliphatic carbocycles. The Morgan fingerprint density at radius 2 is 1.00 bits per heavy atom. The quantitative estimate of drug-likeness (QED) is 0.812. The number of rotatable bonds is 2. The molecule has 0 bridgehead atoms. The van der Waals surface area contributed by atoms with E-state index in [4.69, 9.17) is 8.83 Å². The van der Waals surface area contributed by atoms with Gasteiger partial charge in [0, 0.05) is 10.8 Å². The highest BCUT2D eigenvalue weighted by Gasteiger charge is 2.36. The van der Waals surface area contributed by atoms with E-state index < -0.39 is 5.41 Å². The maximum Gasteiger partial charge on any atom is 0.209 e. The van der Waals surface area contributed by atoms with Gasteiger partial charge in [-0.05, 0) is 13.8 Å². The van der Waals surface area contributed by atoms with Crippen LogP contribution in [0.15, 0.2) is 21.4 Å². The second-order valence-corrected chi connectivity index (χ2v) is 8.20. The Kier molecular flexibility index (Phi) is 3.55. The first-order valence-electron chi connectivity index (χ1n) is 7.35. The minimum absolute atomic E-state index is 0.0367. The molecule has 0 N–H and O–H groups in total. The van der Waals surface area contributed by atoms with E-state index in [0.29, 0.717) is 11.8 Å². The molecule has 21 heavy (non-hydrogen) atoms. The standard InChI is InChI=1S/C17H26N2O2/c1-15(2,3)11-9-20-13(18-11)17(7,8)14-19-12(10-21-14)16(4,5)6/h9-10H,1-8H3. The summed E-state index contributed by atoms with van der Waals surface area (Å²) in [5.74, 6) is 1.27. The molecule has 0 unspecified atom stereocenters.